The Morgan fingerprint density at radius 3 is 2.81 bits per heavy atom. The van der Waals surface area contributed by atoms with Gasteiger partial charge in [0.2, 0.25) is 5.75 Å². The molecule has 116 valence electrons. The van der Waals surface area contributed by atoms with Gasteiger partial charge in [-0.3, -0.25) is 14.9 Å². The van der Waals surface area contributed by atoms with Crippen LogP contribution in [0.4, 0.5) is 5.69 Å². The van der Waals surface area contributed by atoms with Crippen molar-refractivity contribution in [3.63, 3.8) is 0 Å². The molecule has 0 aromatic heterocycles. The van der Waals surface area contributed by atoms with Gasteiger partial charge in [-0.05, 0) is 13.1 Å². The van der Waals surface area contributed by atoms with Gasteiger partial charge >= 0.3 is 5.69 Å². The molecule has 0 aliphatic heterocycles. The van der Waals surface area contributed by atoms with E-state index in [1.807, 2.05) is 11.9 Å². The Hall–Kier alpha value is -2.19. The van der Waals surface area contributed by atoms with Crippen LogP contribution in [0.15, 0.2) is 18.2 Å². The predicted octanol–water partition coefficient (Wildman–Crippen LogP) is 0.608. The summed E-state index contributed by atoms with van der Waals surface area (Å²) in [6, 6.07) is 3.84. The summed E-state index contributed by atoms with van der Waals surface area (Å²) >= 11 is 0. The Balaban J connectivity index is 2.57. The number of nitro benzene ring substituents is 1. The maximum absolute atomic E-state index is 11.9. The molecule has 1 rings (SSSR count). The molecule has 0 unspecified atom stereocenters. The van der Waals surface area contributed by atoms with E-state index in [1.165, 1.54) is 12.1 Å². The number of carbonyl (C=O) groups is 1. The molecule has 0 spiro atoms. The fourth-order valence-electron chi connectivity index (χ4n) is 1.68. The lowest BCUT2D eigenvalue weighted by molar-refractivity contribution is -0.385. The van der Waals surface area contributed by atoms with Crippen molar-refractivity contribution in [3.05, 3.63) is 33.9 Å². The third kappa shape index (κ3) is 5.01. The number of ether oxygens (including phenoxy) is 1. The van der Waals surface area contributed by atoms with Crippen LogP contribution in [0.25, 0.3) is 0 Å². The van der Waals surface area contributed by atoms with E-state index in [0.29, 0.717) is 19.7 Å². The summed E-state index contributed by atoms with van der Waals surface area (Å²) in [5.74, 6) is -1.16. The van der Waals surface area contributed by atoms with Gasteiger partial charge in [0.25, 0.3) is 5.91 Å². The highest BCUT2D eigenvalue weighted by atomic mass is 16.6. The van der Waals surface area contributed by atoms with Crippen LogP contribution in [-0.4, -0.2) is 61.2 Å². The van der Waals surface area contributed by atoms with Crippen molar-refractivity contribution in [3.8, 4) is 5.75 Å². The topological polar surface area (TPSA) is 105 Å². The molecule has 0 heterocycles. The Morgan fingerprint density at radius 1 is 1.48 bits per heavy atom. The van der Waals surface area contributed by atoms with Gasteiger partial charge in [0.1, 0.15) is 0 Å². The highest BCUT2D eigenvalue weighted by Gasteiger charge is 2.20. The molecule has 0 aliphatic rings. The number of para-hydroxylation sites is 1. The molecule has 0 radical (unpaired) electrons. The second-order valence-corrected chi connectivity index (χ2v) is 4.48. The normalized spacial score (nSPS) is 10.6. The summed E-state index contributed by atoms with van der Waals surface area (Å²) in [7, 11) is 3.50. The van der Waals surface area contributed by atoms with Gasteiger partial charge < -0.3 is 20.1 Å². The molecule has 0 saturated carbocycles. The lowest BCUT2D eigenvalue weighted by Gasteiger charge is -2.16. The Kier molecular flexibility index (Phi) is 6.57. The fourth-order valence-corrected chi connectivity index (χ4v) is 1.68. The van der Waals surface area contributed by atoms with E-state index in [2.05, 4.69) is 5.32 Å². The van der Waals surface area contributed by atoms with Crippen LogP contribution < -0.4 is 5.32 Å². The molecule has 0 saturated heterocycles. The number of nitrogens with one attached hydrogen (secondary N) is 1. The Morgan fingerprint density at radius 2 is 2.19 bits per heavy atom. The number of likely N-dealkylation sites (N-methyl/N-ethyl adjacent to an activating group) is 1. The van der Waals surface area contributed by atoms with Crippen LogP contribution in [0, 0.1) is 10.1 Å². The van der Waals surface area contributed by atoms with Crippen LogP contribution >= 0.6 is 0 Å². The standard InChI is InChI=1S/C13H19N3O5/c1-15(8-9-21-2)7-6-14-13(18)10-4-3-5-11(12(10)17)16(19)20/h3-5,17H,6-9H2,1-2H3,(H,14,18). The molecule has 1 aromatic carbocycles. The summed E-state index contributed by atoms with van der Waals surface area (Å²) in [5.41, 5.74) is -0.594. The molecule has 21 heavy (non-hydrogen) atoms. The van der Waals surface area contributed by atoms with Crippen molar-refractivity contribution in [2.24, 2.45) is 0 Å². The van der Waals surface area contributed by atoms with Crippen LogP contribution in [0.1, 0.15) is 10.4 Å². The summed E-state index contributed by atoms with van der Waals surface area (Å²) < 4.78 is 4.93. The third-order valence-corrected chi connectivity index (χ3v) is 2.91. The minimum absolute atomic E-state index is 0.108. The van der Waals surface area contributed by atoms with E-state index in [0.717, 1.165) is 12.6 Å². The van der Waals surface area contributed by atoms with Crippen molar-refractivity contribution >= 4 is 11.6 Å². The zero-order valence-corrected chi connectivity index (χ0v) is 12.0. The maximum atomic E-state index is 11.9. The molecule has 2 N–H and O–H groups in total. The average molecular weight is 297 g/mol. The van der Waals surface area contributed by atoms with E-state index >= 15 is 0 Å². The largest absolute Gasteiger partial charge is 0.502 e. The first kappa shape index (κ1) is 16.9. The number of hydrogen-bond donors (Lipinski definition) is 2. The average Bonchev–Trinajstić information content (AvgIpc) is 2.44. The number of rotatable bonds is 8. The highest BCUT2D eigenvalue weighted by molar-refractivity contribution is 5.98. The molecule has 8 heteroatoms. The zero-order chi connectivity index (χ0) is 15.8. The Labute approximate surface area is 122 Å². The van der Waals surface area contributed by atoms with E-state index in [9.17, 15) is 20.0 Å². The number of hydrogen-bond acceptors (Lipinski definition) is 6. The minimum atomic E-state index is -0.732. The van der Waals surface area contributed by atoms with E-state index in [4.69, 9.17) is 4.74 Å². The molecule has 0 atom stereocenters. The first-order valence-electron chi connectivity index (χ1n) is 6.39. The molecule has 8 nitrogen and oxygen atoms in total. The maximum Gasteiger partial charge on any atom is 0.311 e. The van der Waals surface area contributed by atoms with Crippen molar-refractivity contribution < 1.29 is 19.6 Å². The van der Waals surface area contributed by atoms with Crippen molar-refractivity contribution in [1.29, 1.82) is 0 Å². The number of benzene rings is 1. The molecule has 0 aliphatic carbocycles. The summed E-state index contributed by atoms with van der Waals surface area (Å²) in [6.45, 7) is 2.29. The molecule has 0 fully saturated rings. The van der Waals surface area contributed by atoms with E-state index < -0.39 is 22.3 Å². The van der Waals surface area contributed by atoms with E-state index in [1.54, 1.807) is 7.11 Å². The van der Waals surface area contributed by atoms with Gasteiger partial charge in [-0.15, -0.1) is 0 Å². The molecule has 0 bridgehead atoms. The number of phenolic OH excluding ortho intramolecular Hbond substituents is 1. The quantitative estimate of drug-likeness (QED) is 0.538. The van der Waals surface area contributed by atoms with Gasteiger partial charge in [-0.2, -0.15) is 0 Å². The first-order chi connectivity index (χ1) is 9.97. The van der Waals surface area contributed by atoms with Gasteiger partial charge in [-0.1, -0.05) is 6.07 Å². The number of nitrogens with zero attached hydrogens (tertiary/aromatic N) is 2. The third-order valence-electron chi connectivity index (χ3n) is 2.91. The van der Waals surface area contributed by atoms with Gasteiger partial charge in [0.15, 0.2) is 0 Å². The van der Waals surface area contributed by atoms with Crippen molar-refractivity contribution in [1.82, 2.24) is 10.2 Å². The summed E-state index contributed by atoms with van der Waals surface area (Å²) in [6.07, 6.45) is 0. The number of phenols is 1. The van der Waals surface area contributed by atoms with Crippen molar-refractivity contribution in [2.45, 2.75) is 0 Å². The van der Waals surface area contributed by atoms with Gasteiger partial charge in [0.05, 0.1) is 17.1 Å². The fraction of sp³-hybridized carbons (Fsp3) is 0.462. The van der Waals surface area contributed by atoms with Crippen LogP contribution in [0.3, 0.4) is 0 Å². The summed E-state index contributed by atoms with van der Waals surface area (Å²) in [5, 5.41) is 23.0. The van der Waals surface area contributed by atoms with Crippen LogP contribution in [0.5, 0.6) is 5.75 Å². The Bertz CT molecular complexity index is 507. The van der Waals surface area contributed by atoms with Gasteiger partial charge in [0, 0.05) is 32.8 Å². The first-order valence-corrected chi connectivity index (χ1v) is 6.39. The van der Waals surface area contributed by atoms with Crippen LogP contribution in [-0.2, 0) is 4.74 Å². The molecule has 1 aromatic rings. The molecular weight excluding hydrogens is 278 g/mol. The number of methoxy groups -OCH3 is 1. The summed E-state index contributed by atoms with van der Waals surface area (Å²) in [4.78, 5) is 23.8. The number of amides is 1. The highest BCUT2D eigenvalue weighted by Crippen LogP contribution is 2.28. The second kappa shape index (κ2) is 8.18. The lowest BCUT2D eigenvalue weighted by Crippen LogP contribution is -2.34. The molecule has 1 amide bonds. The lowest BCUT2D eigenvalue weighted by atomic mass is 10.1. The molecular formula is C13H19N3O5. The smallest absolute Gasteiger partial charge is 0.311 e. The monoisotopic (exact) mass is 297 g/mol. The predicted molar refractivity (Wildman–Crippen MR) is 76.5 cm³/mol. The number of carbonyl (C=O) groups excluding carboxylic acids is 1. The van der Waals surface area contributed by atoms with Crippen molar-refractivity contribution in [2.75, 3.05) is 40.4 Å². The van der Waals surface area contributed by atoms with Gasteiger partial charge in [-0.25, -0.2) is 0 Å². The number of nitro groups is 1. The SMILES string of the molecule is COCCN(C)CCNC(=O)c1cccc([N+](=O)[O-])c1O. The zero-order valence-electron chi connectivity index (χ0n) is 12.0. The van der Waals surface area contributed by atoms with E-state index in [-0.39, 0.29) is 5.56 Å². The second-order valence-electron chi connectivity index (χ2n) is 4.48. The number of aromatic hydroxyl groups is 1. The minimum Gasteiger partial charge on any atom is -0.502 e. The van der Waals surface area contributed by atoms with Crippen LogP contribution in [0.2, 0.25) is 0 Å².